The van der Waals surface area contributed by atoms with Gasteiger partial charge in [0.05, 0.1) is 5.54 Å². The number of amides is 1. The van der Waals surface area contributed by atoms with Gasteiger partial charge in [0.25, 0.3) is 0 Å². The van der Waals surface area contributed by atoms with E-state index in [9.17, 15) is 4.79 Å². The summed E-state index contributed by atoms with van der Waals surface area (Å²) >= 11 is 0. The van der Waals surface area contributed by atoms with Crippen molar-refractivity contribution in [1.82, 2.24) is 5.32 Å². The molecule has 0 heterocycles. The standard InChI is InChI=1S/C17H27NO/c1-11-7-10-17(18-12(2)19)13(11)14-15(3,4)8-6-9-16(14,17)5/h7,13-14H,6,8-10H2,1-5H3,(H,18,19)/t13-,14+,16-,17+/m0/s1. The molecule has 2 saturated carbocycles. The van der Waals surface area contributed by atoms with Crippen molar-refractivity contribution >= 4 is 5.91 Å². The van der Waals surface area contributed by atoms with Crippen LogP contribution >= 0.6 is 0 Å². The third kappa shape index (κ3) is 1.41. The lowest BCUT2D eigenvalue weighted by atomic mass is 9.34. The molecule has 0 spiro atoms. The molecule has 0 aromatic rings. The summed E-state index contributed by atoms with van der Waals surface area (Å²) in [5.74, 6) is 1.42. The molecule has 0 bridgehead atoms. The van der Waals surface area contributed by atoms with E-state index < -0.39 is 0 Å². The fourth-order valence-electron chi connectivity index (χ4n) is 5.99. The summed E-state index contributed by atoms with van der Waals surface area (Å²) in [7, 11) is 0. The van der Waals surface area contributed by atoms with Crippen LogP contribution in [0.4, 0.5) is 0 Å². The maximum Gasteiger partial charge on any atom is 0.217 e. The van der Waals surface area contributed by atoms with Crippen LogP contribution in [0.15, 0.2) is 11.6 Å². The number of hydrogen-bond donors (Lipinski definition) is 1. The normalized spacial score (nSPS) is 46.7. The number of carbonyl (C=O) groups excluding carboxylic acids is 1. The Hall–Kier alpha value is -0.790. The predicted octanol–water partition coefficient (Wildman–Crippen LogP) is 3.67. The molecule has 3 aliphatic rings. The summed E-state index contributed by atoms with van der Waals surface area (Å²) in [6, 6.07) is 0. The molecule has 2 fully saturated rings. The van der Waals surface area contributed by atoms with Gasteiger partial charge < -0.3 is 5.32 Å². The number of hydrogen-bond acceptors (Lipinski definition) is 1. The van der Waals surface area contributed by atoms with Crippen molar-refractivity contribution in [2.45, 2.75) is 65.8 Å². The minimum Gasteiger partial charge on any atom is -0.349 e. The second-order valence-electron chi connectivity index (χ2n) is 8.02. The van der Waals surface area contributed by atoms with Gasteiger partial charge in [-0.25, -0.2) is 0 Å². The summed E-state index contributed by atoms with van der Waals surface area (Å²) < 4.78 is 0. The average Bonchev–Trinajstić information content (AvgIpc) is 2.53. The Bertz CT molecular complexity index is 464. The van der Waals surface area contributed by atoms with E-state index in [4.69, 9.17) is 0 Å². The van der Waals surface area contributed by atoms with Gasteiger partial charge in [-0.2, -0.15) is 0 Å². The topological polar surface area (TPSA) is 29.1 Å². The van der Waals surface area contributed by atoms with Gasteiger partial charge >= 0.3 is 0 Å². The SMILES string of the molecule is CC(=O)N[C@]12CC=C(C)[C@H]1[C@@H]1C(C)(C)CCC[C@@]12C. The van der Waals surface area contributed by atoms with Crippen LogP contribution in [0.1, 0.15) is 60.3 Å². The third-order valence-corrected chi connectivity index (χ3v) is 6.56. The number of fused-ring (bicyclic) bond motifs is 4. The largest absolute Gasteiger partial charge is 0.349 e. The van der Waals surface area contributed by atoms with Crippen LogP contribution < -0.4 is 5.32 Å². The van der Waals surface area contributed by atoms with E-state index in [1.807, 2.05) is 0 Å². The quantitative estimate of drug-likeness (QED) is 0.717. The smallest absolute Gasteiger partial charge is 0.217 e. The van der Waals surface area contributed by atoms with Gasteiger partial charge in [-0.05, 0) is 42.9 Å². The van der Waals surface area contributed by atoms with Crippen LogP contribution in [0.25, 0.3) is 0 Å². The molecule has 106 valence electrons. The van der Waals surface area contributed by atoms with Crippen LogP contribution in [0.3, 0.4) is 0 Å². The molecule has 0 aromatic carbocycles. The lowest BCUT2D eigenvalue weighted by molar-refractivity contribution is -0.205. The summed E-state index contributed by atoms with van der Waals surface area (Å²) in [6.07, 6.45) is 7.30. The molecule has 3 aliphatic carbocycles. The minimum atomic E-state index is 0.0191. The molecule has 0 aliphatic heterocycles. The van der Waals surface area contributed by atoms with Gasteiger partial charge in [-0.1, -0.05) is 38.8 Å². The third-order valence-electron chi connectivity index (χ3n) is 6.56. The van der Waals surface area contributed by atoms with E-state index in [0.29, 0.717) is 11.3 Å². The zero-order valence-corrected chi connectivity index (χ0v) is 13.0. The van der Waals surface area contributed by atoms with Crippen molar-refractivity contribution in [1.29, 1.82) is 0 Å². The monoisotopic (exact) mass is 261 g/mol. The first-order valence-electron chi connectivity index (χ1n) is 7.70. The highest BCUT2D eigenvalue weighted by atomic mass is 16.1. The van der Waals surface area contributed by atoms with E-state index in [-0.39, 0.29) is 16.9 Å². The van der Waals surface area contributed by atoms with Crippen molar-refractivity contribution in [2.24, 2.45) is 22.7 Å². The van der Waals surface area contributed by atoms with E-state index in [2.05, 4.69) is 39.1 Å². The molecule has 1 N–H and O–H groups in total. The molecule has 2 heteroatoms. The Kier molecular flexibility index (Phi) is 2.54. The minimum absolute atomic E-state index is 0.0191. The molecule has 0 unspecified atom stereocenters. The van der Waals surface area contributed by atoms with Crippen molar-refractivity contribution in [3.05, 3.63) is 11.6 Å². The second kappa shape index (κ2) is 3.65. The van der Waals surface area contributed by atoms with Crippen molar-refractivity contribution in [3.8, 4) is 0 Å². The molecule has 0 radical (unpaired) electrons. The van der Waals surface area contributed by atoms with Crippen LogP contribution in [-0.2, 0) is 4.79 Å². The van der Waals surface area contributed by atoms with Crippen LogP contribution in [0.2, 0.25) is 0 Å². The highest BCUT2D eigenvalue weighted by Gasteiger charge is 2.74. The molecular weight excluding hydrogens is 234 g/mol. The van der Waals surface area contributed by atoms with E-state index >= 15 is 0 Å². The molecule has 19 heavy (non-hydrogen) atoms. The van der Waals surface area contributed by atoms with Gasteiger partial charge in [-0.3, -0.25) is 4.79 Å². The van der Waals surface area contributed by atoms with Crippen molar-refractivity contribution < 1.29 is 4.79 Å². The van der Waals surface area contributed by atoms with Gasteiger partial charge in [0.2, 0.25) is 5.91 Å². The van der Waals surface area contributed by atoms with Gasteiger partial charge in [-0.15, -0.1) is 0 Å². The highest BCUT2D eigenvalue weighted by Crippen LogP contribution is 2.74. The summed E-state index contributed by atoms with van der Waals surface area (Å²) in [5, 5.41) is 3.37. The van der Waals surface area contributed by atoms with E-state index in [1.165, 1.54) is 24.8 Å². The van der Waals surface area contributed by atoms with Crippen molar-refractivity contribution in [2.75, 3.05) is 0 Å². The Morgan fingerprint density at radius 2 is 2.00 bits per heavy atom. The lowest BCUT2D eigenvalue weighted by Gasteiger charge is -2.73. The van der Waals surface area contributed by atoms with E-state index in [1.54, 1.807) is 6.92 Å². The fourth-order valence-corrected chi connectivity index (χ4v) is 5.99. The average molecular weight is 261 g/mol. The van der Waals surface area contributed by atoms with Crippen LogP contribution in [0, 0.1) is 22.7 Å². The van der Waals surface area contributed by atoms with Gasteiger partial charge in [0, 0.05) is 12.8 Å². The van der Waals surface area contributed by atoms with E-state index in [0.717, 1.165) is 12.3 Å². The van der Waals surface area contributed by atoms with Gasteiger partial charge in [0.15, 0.2) is 0 Å². The molecular formula is C17H27NO. The Labute approximate surface area is 117 Å². The van der Waals surface area contributed by atoms with Crippen molar-refractivity contribution in [3.63, 3.8) is 0 Å². The summed E-state index contributed by atoms with van der Waals surface area (Å²) in [6.45, 7) is 11.2. The first-order chi connectivity index (χ1) is 8.75. The first kappa shape index (κ1) is 13.2. The second-order valence-corrected chi connectivity index (χ2v) is 8.02. The van der Waals surface area contributed by atoms with Crippen LogP contribution in [0.5, 0.6) is 0 Å². The lowest BCUT2D eigenvalue weighted by Crippen LogP contribution is -2.78. The maximum absolute atomic E-state index is 11.7. The molecule has 3 rings (SSSR count). The first-order valence-corrected chi connectivity index (χ1v) is 7.70. The Morgan fingerprint density at radius 3 is 2.63 bits per heavy atom. The number of carbonyl (C=O) groups is 1. The number of nitrogens with one attached hydrogen (secondary N) is 1. The molecule has 4 atom stereocenters. The van der Waals surface area contributed by atoms with Crippen LogP contribution in [-0.4, -0.2) is 11.4 Å². The summed E-state index contributed by atoms with van der Waals surface area (Å²) in [4.78, 5) is 11.7. The molecule has 1 amide bonds. The zero-order chi connectivity index (χ0) is 14.1. The Balaban J connectivity index is 2.04. The number of rotatable bonds is 1. The highest BCUT2D eigenvalue weighted by molar-refractivity contribution is 5.75. The zero-order valence-electron chi connectivity index (χ0n) is 13.0. The Morgan fingerprint density at radius 1 is 1.32 bits per heavy atom. The predicted molar refractivity (Wildman–Crippen MR) is 77.6 cm³/mol. The van der Waals surface area contributed by atoms with Gasteiger partial charge in [0.1, 0.15) is 0 Å². The molecule has 0 aromatic heterocycles. The molecule has 0 saturated heterocycles. The molecule has 2 nitrogen and oxygen atoms in total. The fraction of sp³-hybridized carbons (Fsp3) is 0.824. The summed E-state index contributed by atoms with van der Waals surface area (Å²) in [5.41, 5.74) is 2.20. The maximum atomic E-state index is 11.7.